The Kier molecular flexibility index (Phi) is 4.58. The van der Waals surface area contributed by atoms with Crippen LogP contribution in [0.25, 0.3) is 0 Å². The van der Waals surface area contributed by atoms with Crippen molar-refractivity contribution < 1.29 is 0 Å². The molecule has 1 aromatic rings. The molecule has 0 aromatic carbocycles. The van der Waals surface area contributed by atoms with Crippen LogP contribution in [-0.4, -0.2) is 32.8 Å². The number of nitrogens with two attached hydrogens (primary N) is 1. The lowest BCUT2D eigenvalue weighted by molar-refractivity contribution is 0.460. The Hall–Kier alpha value is -0.260. The minimum absolute atomic E-state index is 0.462. The second-order valence-corrected chi connectivity index (χ2v) is 8.91. The molecule has 0 amide bonds. The maximum absolute atomic E-state index is 5.79. The van der Waals surface area contributed by atoms with Gasteiger partial charge in [0, 0.05) is 28.1 Å². The highest BCUT2D eigenvalue weighted by atomic mass is 32.2. The Balaban J connectivity index is 1.76. The zero-order valence-corrected chi connectivity index (χ0v) is 13.8. The molecular formula is C15H23N3S2. The molecule has 2 aliphatic rings. The largest absolute Gasteiger partial charge is 0.330 e. The van der Waals surface area contributed by atoms with E-state index in [1.54, 1.807) is 0 Å². The first kappa shape index (κ1) is 14.7. The first-order valence-electron chi connectivity index (χ1n) is 7.49. The number of aromatic nitrogens is 2. The third-order valence-corrected chi connectivity index (χ3v) is 7.83. The Morgan fingerprint density at radius 1 is 1.35 bits per heavy atom. The van der Waals surface area contributed by atoms with E-state index in [9.17, 15) is 0 Å². The molecule has 4 unspecified atom stereocenters. The maximum Gasteiger partial charge on any atom is 0.142 e. The van der Waals surface area contributed by atoms with Crippen molar-refractivity contribution in [1.82, 2.24) is 9.97 Å². The molecule has 3 rings (SSSR count). The van der Waals surface area contributed by atoms with Crippen molar-refractivity contribution in [3.63, 3.8) is 0 Å². The van der Waals surface area contributed by atoms with Gasteiger partial charge in [-0.05, 0) is 37.3 Å². The first-order chi connectivity index (χ1) is 9.67. The Labute approximate surface area is 129 Å². The molecule has 2 heterocycles. The van der Waals surface area contributed by atoms with Crippen molar-refractivity contribution in [2.24, 2.45) is 11.7 Å². The van der Waals surface area contributed by atoms with Gasteiger partial charge in [0.25, 0.3) is 0 Å². The van der Waals surface area contributed by atoms with Gasteiger partial charge >= 0.3 is 0 Å². The zero-order valence-electron chi connectivity index (χ0n) is 12.2. The van der Waals surface area contributed by atoms with E-state index in [0.717, 1.165) is 36.2 Å². The van der Waals surface area contributed by atoms with Crippen molar-refractivity contribution in [2.75, 3.05) is 12.3 Å². The van der Waals surface area contributed by atoms with Crippen LogP contribution >= 0.6 is 23.5 Å². The van der Waals surface area contributed by atoms with Gasteiger partial charge in [-0.2, -0.15) is 11.8 Å². The molecule has 1 saturated heterocycles. The van der Waals surface area contributed by atoms with Crippen LogP contribution in [0.4, 0.5) is 0 Å². The number of hydrogen-bond acceptors (Lipinski definition) is 5. The predicted molar refractivity (Wildman–Crippen MR) is 88.3 cm³/mol. The van der Waals surface area contributed by atoms with Crippen LogP contribution in [0.5, 0.6) is 0 Å². The monoisotopic (exact) mass is 309 g/mol. The van der Waals surface area contributed by atoms with Crippen LogP contribution in [0.15, 0.2) is 6.20 Å². The molecule has 1 aliphatic carbocycles. The minimum Gasteiger partial charge on any atom is -0.330 e. The summed E-state index contributed by atoms with van der Waals surface area (Å²) in [7, 11) is 0. The number of thioether (sulfide) groups is 2. The zero-order chi connectivity index (χ0) is 14.1. The summed E-state index contributed by atoms with van der Waals surface area (Å²) in [4.78, 5) is 9.54. The topological polar surface area (TPSA) is 51.8 Å². The van der Waals surface area contributed by atoms with Gasteiger partial charge in [0.05, 0.1) is 5.25 Å². The summed E-state index contributed by atoms with van der Waals surface area (Å²) >= 11 is 4.09. The summed E-state index contributed by atoms with van der Waals surface area (Å²) < 4.78 is 0. The molecule has 0 bridgehead atoms. The van der Waals surface area contributed by atoms with Crippen molar-refractivity contribution in [1.29, 1.82) is 0 Å². The molecule has 1 aromatic heterocycles. The van der Waals surface area contributed by atoms with Gasteiger partial charge in [-0.25, -0.2) is 9.97 Å². The Morgan fingerprint density at radius 3 is 2.95 bits per heavy atom. The second kappa shape index (κ2) is 6.24. The maximum atomic E-state index is 5.79. The van der Waals surface area contributed by atoms with Crippen LogP contribution in [0.1, 0.15) is 42.6 Å². The van der Waals surface area contributed by atoms with Crippen molar-refractivity contribution in [3.05, 3.63) is 23.3 Å². The highest BCUT2D eigenvalue weighted by molar-refractivity contribution is 8.07. The number of fused-ring (bicyclic) bond motifs is 1. The summed E-state index contributed by atoms with van der Waals surface area (Å²) in [5.74, 6) is 2.81. The van der Waals surface area contributed by atoms with Gasteiger partial charge in [-0.1, -0.05) is 13.8 Å². The van der Waals surface area contributed by atoms with Gasteiger partial charge in [0.1, 0.15) is 5.82 Å². The average molecular weight is 310 g/mol. The number of aryl methyl sites for hydroxylation is 1. The van der Waals surface area contributed by atoms with E-state index in [1.165, 1.54) is 17.7 Å². The number of hydrogen-bond donors (Lipinski definition) is 1. The molecule has 4 atom stereocenters. The highest BCUT2D eigenvalue weighted by Crippen LogP contribution is 2.43. The molecule has 0 spiro atoms. The lowest BCUT2D eigenvalue weighted by Gasteiger charge is -2.31. The molecule has 1 fully saturated rings. The van der Waals surface area contributed by atoms with Crippen molar-refractivity contribution in [2.45, 2.75) is 48.9 Å². The van der Waals surface area contributed by atoms with E-state index in [-0.39, 0.29) is 0 Å². The van der Waals surface area contributed by atoms with Crippen LogP contribution in [0, 0.1) is 5.92 Å². The summed E-state index contributed by atoms with van der Waals surface area (Å²) in [6.07, 6.45) is 5.38. The SMILES string of the molecule is CC1SCC(c2ncc3c(n2)CCC(CN)C3)SC1C. The molecule has 20 heavy (non-hydrogen) atoms. The van der Waals surface area contributed by atoms with Crippen molar-refractivity contribution in [3.8, 4) is 0 Å². The van der Waals surface area contributed by atoms with Gasteiger partial charge in [0.15, 0.2) is 0 Å². The summed E-state index contributed by atoms with van der Waals surface area (Å²) in [5, 5.41) is 1.88. The fraction of sp³-hybridized carbons (Fsp3) is 0.733. The van der Waals surface area contributed by atoms with E-state index in [4.69, 9.17) is 10.7 Å². The molecule has 2 N–H and O–H groups in total. The van der Waals surface area contributed by atoms with E-state index in [0.29, 0.717) is 16.4 Å². The smallest absolute Gasteiger partial charge is 0.142 e. The lowest BCUT2D eigenvalue weighted by Crippen LogP contribution is -2.25. The lowest BCUT2D eigenvalue weighted by atomic mass is 9.87. The third kappa shape index (κ3) is 3.00. The standard InChI is InChI=1S/C15H23N3S2/c1-9-10(2)20-14(8-19-9)15-17-7-12-5-11(6-16)3-4-13(12)18-15/h7,9-11,14H,3-6,8,16H2,1-2H3. The number of nitrogens with zero attached hydrogens (tertiary/aromatic N) is 2. The van der Waals surface area contributed by atoms with Crippen LogP contribution in [0.2, 0.25) is 0 Å². The first-order valence-corrected chi connectivity index (χ1v) is 9.48. The van der Waals surface area contributed by atoms with E-state index in [1.807, 2.05) is 11.8 Å². The fourth-order valence-corrected chi connectivity index (χ4v) is 5.73. The summed E-state index contributed by atoms with van der Waals surface area (Å²) in [6, 6.07) is 0. The van der Waals surface area contributed by atoms with Gasteiger partial charge in [-0.3, -0.25) is 0 Å². The Morgan fingerprint density at radius 2 is 2.20 bits per heavy atom. The third-order valence-electron chi connectivity index (χ3n) is 4.44. The highest BCUT2D eigenvalue weighted by Gasteiger charge is 2.29. The van der Waals surface area contributed by atoms with Crippen LogP contribution < -0.4 is 5.73 Å². The predicted octanol–water partition coefficient (Wildman–Crippen LogP) is 2.84. The van der Waals surface area contributed by atoms with E-state index < -0.39 is 0 Å². The molecular weight excluding hydrogens is 286 g/mol. The normalized spacial score (nSPS) is 33.8. The van der Waals surface area contributed by atoms with Crippen LogP contribution in [-0.2, 0) is 12.8 Å². The van der Waals surface area contributed by atoms with E-state index in [2.05, 4.69) is 36.8 Å². The molecule has 0 radical (unpaired) electrons. The molecule has 0 saturated carbocycles. The van der Waals surface area contributed by atoms with Gasteiger partial charge in [-0.15, -0.1) is 11.8 Å². The van der Waals surface area contributed by atoms with Crippen LogP contribution in [0.3, 0.4) is 0 Å². The molecule has 5 heteroatoms. The summed E-state index contributed by atoms with van der Waals surface area (Å²) in [5.41, 5.74) is 8.39. The summed E-state index contributed by atoms with van der Waals surface area (Å²) in [6.45, 7) is 5.42. The van der Waals surface area contributed by atoms with Gasteiger partial charge in [0.2, 0.25) is 0 Å². The molecule has 110 valence electrons. The second-order valence-electron chi connectivity index (χ2n) is 5.91. The minimum atomic E-state index is 0.462. The molecule has 1 aliphatic heterocycles. The van der Waals surface area contributed by atoms with Gasteiger partial charge < -0.3 is 5.73 Å². The quantitative estimate of drug-likeness (QED) is 0.910. The van der Waals surface area contributed by atoms with E-state index >= 15 is 0 Å². The molecule has 3 nitrogen and oxygen atoms in total. The van der Waals surface area contributed by atoms with Crippen molar-refractivity contribution >= 4 is 23.5 Å². The Bertz CT molecular complexity index is 480. The fourth-order valence-electron chi connectivity index (χ4n) is 2.87. The number of rotatable bonds is 2. The average Bonchev–Trinajstić information content (AvgIpc) is 2.49.